The number of aliphatic hydroxyl groups is 3. The van der Waals surface area contributed by atoms with Gasteiger partial charge in [-0.15, -0.1) is 0 Å². The van der Waals surface area contributed by atoms with E-state index in [1.807, 2.05) is 0 Å². The van der Waals surface area contributed by atoms with Gasteiger partial charge in [0, 0.05) is 6.42 Å². The lowest BCUT2D eigenvalue weighted by molar-refractivity contribution is -0.253. The van der Waals surface area contributed by atoms with E-state index in [2.05, 4.69) is 0 Å². The number of nitrogens with two attached hydrogens (primary N) is 1. The highest BCUT2D eigenvalue weighted by Gasteiger charge is 2.31. The summed E-state index contributed by atoms with van der Waals surface area (Å²) in [5.41, 5.74) is 5.51. The summed E-state index contributed by atoms with van der Waals surface area (Å²) in [5.74, 6) is 0. The van der Waals surface area contributed by atoms with Crippen molar-refractivity contribution in [3.8, 4) is 0 Å². The normalized spacial score (nSPS) is 30.0. The van der Waals surface area contributed by atoms with Gasteiger partial charge < -0.3 is 30.5 Å². The molecule has 0 amide bonds. The van der Waals surface area contributed by atoms with Crippen LogP contribution in [0.15, 0.2) is 0 Å². The van der Waals surface area contributed by atoms with Crippen molar-refractivity contribution in [1.29, 1.82) is 0 Å². The van der Waals surface area contributed by atoms with Crippen LogP contribution in [-0.2, 0) is 9.47 Å². The maximum atomic E-state index is 9.99. The third kappa shape index (κ3) is 8.41. The van der Waals surface area contributed by atoms with E-state index in [0.717, 1.165) is 19.3 Å². The van der Waals surface area contributed by atoms with E-state index in [-0.39, 0.29) is 18.5 Å². The standard InChI is InChI=1S/C16H33NO5/c1-11(18)7-13(20)9-15-10-14(8-12(2)19)21-16(22-15)5-3-4-6-17/h11-16,18-20H,3-10,17H2,1-2H3. The summed E-state index contributed by atoms with van der Waals surface area (Å²) in [5, 5.41) is 28.9. The Bertz CT molecular complexity index is 286. The van der Waals surface area contributed by atoms with E-state index in [1.165, 1.54) is 0 Å². The van der Waals surface area contributed by atoms with E-state index in [0.29, 0.717) is 32.2 Å². The van der Waals surface area contributed by atoms with Crippen molar-refractivity contribution in [3.05, 3.63) is 0 Å². The number of rotatable bonds is 10. The minimum atomic E-state index is -0.583. The van der Waals surface area contributed by atoms with Gasteiger partial charge in [0.1, 0.15) is 0 Å². The van der Waals surface area contributed by atoms with Gasteiger partial charge in [0.2, 0.25) is 0 Å². The number of hydrogen-bond acceptors (Lipinski definition) is 6. The van der Waals surface area contributed by atoms with Crippen molar-refractivity contribution in [2.45, 2.75) is 95.6 Å². The first-order chi connectivity index (χ1) is 10.4. The predicted octanol–water partition coefficient (Wildman–Crippen LogP) is 0.908. The van der Waals surface area contributed by atoms with Crippen LogP contribution < -0.4 is 5.73 Å². The fourth-order valence-corrected chi connectivity index (χ4v) is 2.93. The van der Waals surface area contributed by atoms with Crippen LogP contribution in [0.4, 0.5) is 0 Å². The fraction of sp³-hybridized carbons (Fsp3) is 1.00. The van der Waals surface area contributed by atoms with E-state index in [9.17, 15) is 15.3 Å². The molecule has 0 bridgehead atoms. The molecule has 6 atom stereocenters. The van der Waals surface area contributed by atoms with Gasteiger partial charge in [-0.25, -0.2) is 0 Å². The predicted molar refractivity (Wildman–Crippen MR) is 84.3 cm³/mol. The molecular weight excluding hydrogens is 286 g/mol. The number of aliphatic hydroxyl groups excluding tert-OH is 3. The lowest BCUT2D eigenvalue weighted by Crippen LogP contribution is -2.41. The van der Waals surface area contributed by atoms with Crippen molar-refractivity contribution in [2.24, 2.45) is 5.73 Å². The van der Waals surface area contributed by atoms with Crippen molar-refractivity contribution in [2.75, 3.05) is 6.54 Å². The summed E-state index contributed by atoms with van der Waals surface area (Å²) >= 11 is 0. The summed E-state index contributed by atoms with van der Waals surface area (Å²) in [6.45, 7) is 4.07. The molecule has 0 aromatic heterocycles. The molecule has 1 rings (SSSR count). The molecule has 22 heavy (non-hydrogen) atoms. The van der Waals surface area contributed by atoms with Crippen LogP contribution in [0.25, 0.3) is 0 Å². The van der Waals surface area contributed by atoms with Crippen LogP contribution in [0.1, 0.15) is 58.8 Å². The topological polar surface area (TPSA) is 105 Å². The van der Waals surface area contributed by atoms with E-state index >= 15 is 0 Å². The zero-order valence-electron chi connectivity index (χ0n) is 13.9. The number of unbranched alkanes of at least 4 members (excludes halogenated alkanes) is 1. The Hall–Kier alpha value is -0.240. The molecular formula is C16H33NO5. The molecule has 0 aromatic carbocycles. The molecule has 1 aliphatic rings. The van der Waals surface area contributed by atoms with Crippen LogP contribution >= 0.6 is 0 Å². The molecule has 0 spiro atoms. The third-order valence-electron chi connectivity index (χ3n) is 3.86. The largest absolute Gasteiger partial charge is 0.393 e. The Balaban J connectivity index is 2.50. The third-order valence-corrected chi connectivity index (χ3v) is 3.86. The number of ether oxygens (including phenoxy) is 2. The summed E-state index contributed by atoms with van der Waals surface area (Å²) in [4.78, 5) is 0. The molecule has 6 nitrogen and oxygen atoms in total. The van der Waals surface area contributed by atoms with Crippen LogP contribution in [0.5, 0.6) is 0 Å². The highest BCUT2D eigenvalue weighted by Crippen LogP contribution is 2.27. The first-order valence-electron chi connectivity index (χ1n) is 8.45. The van der Waals surface area contributed by atoms with Crippen LogP contribution in [-0.4, -0.2) is 58.7 Å². The smallest absolute Gasteiger partial charge is 0.158 e. The highest BCUT2D eigenvalue weighted by atomic mass is 16.7. The van der Waals surface area contributed by atoms with Gasteiger partial charge in [0.05, 0.1) is 30.5 Å². The monoisotopic (exact) mass is 319 g/mol. The van der Waals surface area contributed by atoms with E-state index in [4.69, 9.17) is 15.2 Å². The Morgan fingerprint density at radius 3 is 2.18 bits per heavy atom. The van der Waals surface area contributed by atoms with Crippen LogP contribution in [0.3, 0.4) is 0 Å². The van der Waals surface area contributed by atoms with Crippen molar-refractivity contribution in [1.82, 2.24) is 0 Å². The van der Waals surface area contributed by atoms with Gasteiger partial charge in [0.25, 0.3) is 0 Å². The molecule has 1 fully saturated rings. The Morgan fingerprint density at radius 2 is 1.64 bits per heavy atom. The fourth-order valence-electron chi connectivity index (χ4n) is 2.93. The second-order valence-corrected chi connectivity index (χ2v) is 6.52. The average Bonchev–Trinajstić information content (AvgIpc) is 2.36. The van der Waals surface area contributed by atoms with Crippen LogP contribution in [0, 0.1) is 0 Å². The molecule has 6 unspecified atom stereocenters. The Kier molecular flexibility index (Phi) is 9.47. The first-order valence-corrected chi connectivity index (χ1v) is 8.45. The molecule has 0 aliphatic carbocycles. The molecule has 0 aromatic rings. The van der Waals surface area contributed by atoms with Gasteiger partial charge in [-0.1, -0.05) is 0 Å². The summed E-state index contributed by atoms with van der Waals surface area (Å²) in [6, 6.07) is 0. The molecule has 1 aliphatic heterocycles. The molecule has 6 heteroatoms. The molecule has 1 saturated heterocycles. The zero-order chi connectivity index (χ0) is 16.5. The maximum Gasteiger partial charge on any atom is 0.158 e. The average molecular weight is 319 g/mol. The Labute approximate surface area is 133 Å². The summed E-state index contributed by atoms with van der Waals surface area (Å²) in [7, 11) is 0. The summed E-state index contributed by atoms with van der Waals surface area (Å²) < 4.78 is 11.8. The Morgan fingerprint density at radius 1 is 1.00 bits per heavy atom. The van der Waals surface area contributed by atoms with Gasteiger partial charge in [-0.2, -0.15) is 0 Å². The molecule has 0 radical (unpaired) electrons. The lowest BCUT2D eigenvalue weighted by atomic mass is 9.98. The lowest BCUT2D eigenvalue weighted by Gasteiger charge is -2.37. The second kappa shape index (κ2) is 10.5. The molecule has 0 saturated carbocycles. The first kappa shape index (κ1) is 19.8. The molecule has 132 valence electrons. The van der Waals surface area contributed by atoms with Gasteiger partial charge in [0.15, 0.2) is 6.29 Å². The van der Waals surface area contributed by atoms with E-state index in [1.54, 1.807) is 13.8 Å². The van der Waals surface area contributed by atoms with Gasteiger partial charge in [-0.05, 0) is 58.9 Å². The van der Waals surface area contributed by atoms with Crippen molar-refractivity contribution in [3.63, 3.8) is 0 Å². The minimum absolute atomic E-state index is 0.0552. The number of hydrogen-bond donors (Lipinski definition) is 4. The highest BCUT2D eigenvalue weighted by molar-refractivity contribution is 4.77. The van der Waals surface area contributed by atoms with Crippen molar-refractivity contribution >= 4 is 0 Å². The molecule has 1 heterocycles. The quantitative estimate of drug-likeness (QED) is 0.446. The van der Waals surface area contributed by atoms with E-state index < -0.39 is 18.3 Å². The maximum absolute atomic E-state index is 9.99. The van der Waals surface area contributed by atoms with Crippen LogP contribution in [0.2, 0.25) is 0 Å². The zero-order valence-corrected chi connectivity index (χ0v) is 13.9. The SMILES string of the molecule is CC(O)CC(O)CC1CC(CC(C)O)OC(CCCCN)O1. The molecule has 5 N–H and O–H groups in total. The summed E-state index contributed by atoms with van der Waals surface area (Å²) in [6.07, 6.45) is 2.72. The second-order valence-electron chi connectivity index (χ2n) is 6.52. The van der Waals surface area contributed by atoms with Crippen molar-refractivity contribution < 1.29 is 24.8 Å². The van der Waals surface area contributed by atoms with Gasteiger partial charge >= 0.3 is 0 Å². The van der Waals surface area contributed by atoms with Gasteiger partial charge in [-0.3, -0.25) is 0 Å². The minimum Gasteiger partial charge on any atom is -0.393 e.